The molecule has 1 saturated heterocycles. The molecule has 2 aromatic heterocycles. The lowest BCUT2D eigenvalue weighted by atomic mass is 10.0. The fourth-order valence-electron chi connectivity index (χ4n) is 4.69. The highest BCUT2D eigenvalue weighted by Crippen LogP contribution is 2.26. The number of nitrogens with one attached hydrogen (secondary N) is 1. The number of fused-ring (bicyclic) bond motifs is 1. The number of nitrogens with zero attached hydrogens (tertiary/aromatic N) is 5. The van der Waals surface area contributed by atoms with E-state index in [1.807, 2.05) is 19.1 Å². The Morgan fingerprint density at radius 1 is 1.15 bits per heavy atom. The molecular formula is C25H25FN6O2. The number of benzene rings is 2. The largest absolute Gasteiger partial charge is 0.338 e. The van der Waals surface area contributed by atoms with Crippen molar-refractivity contribution in [1.29, 1.82) is 0 Å². The molecule has 5 rings (SSSR count). The third-order valence-electron chi connectivity index (χ3n) is 6.52. The Morgan fingerprint density at radius 2 is 1.91 bits per heavy atom. The van der Waals surface area contributed by atoms with Crippen molar-refractivity contribution in [2.45, 2.75) is 38.6 Å². The Kier molecular flexibility index (Phi) is 5.91. The van der Waals surface area contributed by atoms with Gasteiger partial charge in [-0.1, -0.05) is 31.2 Å². The van der Waals surface area contributed by atoms with Crippen LogP contribution in [0.4, 0.5) is 4.39 Å². The van der Waals surface area contributed by atoms with Crippen LogP contribution in [0.1, 0.15) is 53.2 Å². The lowest BCUT2D eigenvalue weighted by Gasteiger charge is -2.33. The van der Waals surface area contributed by atoms with Crippen LogP contribution in [0.25, 0.3) is 10.8 Å². The summed E-state index contributed by atoms with van der Waals surface area (Å²) in [6.07, 6.45) is 4.46. The minimum Gasteiger partial charge on any atom is -0.338 e. The Balaban J connectivity index is 1.34. The Hall–Kier alpha value is -3.88. The minimum atomic E-state index is -0.540. The van der Waals surface area contributed by atoms with Gasteiger partial charge in [0.1, 0.15) is 18.0 Å². The molecule has 8 nitrogen and oxygen atoms in total. The molecule has 4 aromatic rings. The van der Waals surface area contributed by atoms with Crippen LogP contribution in [-0.4, -0.2) is 48.9 Å². The average molecular weight is 461 g/mol. The summed E-state index contributed by atoms with van der Waals surface area (Å²) in [7, 11) is 0. The van der Waals surface area contributed by atoms with Crippen molar-refractivity contribution in [3.63, 3.8) is 0 Å². The zero-order valence-electron chi connectivity index (χ0n) is 18.9. The van der Waals surface area contributed by atoms with Crippen molar-refractivity contribution in [2.24, 2.45) is 0 Å². The summed E-state index contributed by atoms with van der Waals surface area (Å²) >= 11 is 0. The maximum Gasteiger partial charge on any atom is 0.272 e. The van der Waals surface area contributed by atoms with Gasteiger partial charge in [-0.25, -0.2) is 9.49 Å². The molecule has 1 aliphatic rings. The van der Waals surface area contributed by atoms with Gasteiger partial charge in [0.2, 0.25) is 0 Å². The molecule has 0 unspecified atom stereocenters. The number of rotatable bonds is 5. The second kappa shape index (κ2) is 9.17. The molecule has 0 spiro atoms. The molecule has 0 bridgehead atoms. The third-order valence-corrected chi connectivity index (χ3v) is 6.52. The van der Waals surface area contributed by atoms with Gasteiger partial charge >= 0.3 is 0 Å². The van der Waals surface area contributed by atoms with Crippen LogP contribution in [0.15, 0.2) is 53.6 Å². The molecule has 34 heavy (non-hydrogen) atoms. The summed E-state index contributed by atoms with van der Waals surface area (Å²) in [5.41, 5.74) is 1.22. The topological polar surface area (TPSA) is 96.8 Å². The predicted octanol–water partition coefficient (Wildman–Crippen LogP) is 3.28. The van der Waals surface area contributed by atoms with E-state index in [1.54, 1.807) is 35.5 Å². The number of aromatic amines is 1. The van der Waals surface area contributed by atoms with Gasteiger partial charge in [-0.2, -0.15) is 5.10 Å². The number of aromatic nitrogens is 5. The zero-order valence-corrected chi connectivity index (χ0v) is 18.9. The van der Waals surface area contributed by atoms with E-state index >= 15 is 0 Å². The molecule has 1 fully saturated rings. The maximum absolute atomic E-state index is 14.7. The number of aryl methyl sites for hydroxylation is 1. The second-order valence-corrected chi connectivity index (χ2v) is 8.57. The van der Waals surface area contributed by atoms with Gasteiger partial charge in [-0.3, -0.25) is 9.59 Å². The van der Waals surface area contributed by atoms with E-state index in [2.05, 4.69) is 25.0 Å². The summed E-state index contributed by atoms with van der Waals surface area (Å²) in [6, 6.07) is 12.0. The third kappa shape index (κ3) is 4.09. The number of halogens is 1. The summed E-state index contributed by atoms with van der Waals surface area (Å²) in [6.45, 7) is 3.13. The molecular weight excluding hydrogens is 435 g/mol. The predicted molar refractivity (Wildman–Crippen MR) is 125 cm³/mol. The van der Waals surface area contributed by atoms with E-state index in [9.17, 15) is 14.0 Å². The zero-order chi connectivity index (χ0) is 23.7. The second-order valence-electron chi connectivity index (χ2n) is 8.57. The molecule has 174 valence electrons. The SMILES string of the molecule is CCc1nncn1C1CCN(C(=O)c2cc(Cc3n[nH]c(=O)c4ccccc34)ccc2F)CC1. The van der Waals surface area contributed by atoms with E-state index in [0.29, 0.717) is 30.6 Å². The van der Waals surface area contributed by atoms with Gasteiger partial charge in [0.15, 0.2) is 0 Å². The van der Waals surface area contributed by atoms with Gasteiger partial charge in [-0.05, 0) is 36.6 Å². The minimum absolute atomic E-state index is 0.0585. The molecule has 9 heteroatoms. The van der Waals surface area contributed by atoms with Gasteiger partial charge < -0.3 is 9.47 Å². The monoisotopic (exact) mass is 460 g/mol. The van der Waals surface area contributed by atoms with Crippen LogP contribution in [-0.2, 0) is 12.8 Å². The van der Waals surface area contributed by atoms with Crippen LogP contribution in [0.3, 0.4) is 0 Å². The van der Waals surface area contributed by atoms with Crippen molar-refractivity contribution in [3.05, 3.63) is 87.6 Å². The molecule has 1 amide bonds. The molecule has 0 radical (unpaired) electrons. The lowest BCUT2D eigenvalue weighted by molar-refractivity contribution is 0.0688. The number of carbonyl (C=O) groups excluding carboxylic acids is 1. The number of H-pyrrole nitrogens is 1. The molecule has 0 aliphatic carbocycles. The summed E-state index contributed by atoms with van der Waals surface area (Å²) in [4.78, 5) is 27.0. The van der Waals surface area contributed by atoms with E-state index in [4.69, 9.17) is 0 Å². The van der Waals surface area contributed by atoms with E-state index < -0.39 is 5.82 Å². The van der Waals surface area contributed by atoms with Crippen LogP contribution in [0, 0.1) is 5.82 Å². The molecule has 2 aromatic carbocycles. The van der Waals surface area contributed by atoms with Crippen molar-refractivity contribution >= 4 is 16.7 Å². The standard InChI is InChI=1S/C25H25FN6O2/c1-2-23-29-27-15-32(23)17-9-11-31(12-10-17)25(34)20-13-16(7-8-21(20)26)14-22-18-5-3-4-6-19(18)24(33)30-28-22/h3-8,13,15,17H,2,9-12,14H2,1H3,(H,30,33). The first-order valence-electron chi connectivity index (χ1n) is 11.5. The maximum atomic E-state index is 14.7. The number of hydrogen-bond donors (Lipinski definition) is 1. The van der Waals surface area contributed by atoms with Crippen molar-refractivity contribution in [2.75, 3.05) is 13.1 Å². The van der Waals surface area contributed by atoms with Gasteiger partial charge in [0.25, 0.3) is 11.5 Å². The van der Waals surface area contributed by atoms with Crippen LogP contribution in [0.2, 0.25) is 0 Å². The fourth-order valence-corrected chi connectivity index (χ4v) is 4.69. The highest BCUT2D eigenvalue weighted by Gasteiger charge is 2.27. The summed E-state index contributed by atoms with van der Waals surface area (Å²) < 4.78 is 16.8. The van der Waals surface area contributed by atoms with E-state index in [-0.39, 0.29) is 23.1 Å². The van der Waals surface area contributed by atoms with Gasteiger partial charge in [0.05, 0.1) is 16.6 Å². The average Bonchev–Trinajstić information content (AvgIpc) is 3.36. The number of piperidine rings is 1. The van der Waals surface area contributed by atoms with Crippen molar-refractivity contribution in [1.82, 2.24) is 29.9 Å². The number of amides is 1. The lowest BCUT2D eigenvalue weighted by Crippen LogP contribution is -2.39. The molecule has 3 heterocycles. The Labute approximate surface area is 195 Å². The fraction of sp³-hybridized carbons (Fsp3) is 0.320. The molecule has 1 aliphatic heterocycles. The van der Waals surface area contributed by atoms with E-state index in [0.717, 1.165) is 36.0 Å². The van der Waals surface area contributed by atoms with Crippen LogP contribution >= 0.6 is 0 Å². The highest BCUT2D eigenvalue weighted by atomic mass is 19.1. The number of likely N-dealkylation sites (tertiary alicyclic amines) is 1. The smallest absolute Gasteiger partial charge is 0.272 e. The van der Waals surface area contributed by atoms with E-state index in [1.165, 1.54) is 6.07 Å². The molecule has 0 atom stereocenters. The van der Waals surface area contributed by atoms with Crippen molar-refractivity contribution < 1.29 is 9.18 Å². The van der Waals surface area contributed by atoms with Gasteiger partial charge in [-0.15, -0.1) is 10.2 Å². The number of hydrogen-bond acceptors (Lipinski definition) is 5. The highest BCUT2D eigenvalue weighted by molar-refractivity contribution is 5.95. The van der Waals surface area contributed by atoms with Gasteiger partial charge in [0, 0.05) is 37.4 Å². The first-order chi connectivity index (χ1) is 16.5. The Bertz CT molecular complexity index is 1400. The molecule has 0 saturated carbocycles. The summed E-state index contributed by atoms with van der Waals surface area (Å²) in [5, 5.41) is 16.2. The number of carbonyl (C=O) groups is 1. The molecule has 1 N–H and O–H groups in total. The normalized spacial score (nSPS) is 14.6. The van der Waals surface area contributed by atoms with Crippen molar-refractivity contribution in [3.8, 4) is 0 Å². The van der Waals surface area contributed by atoms with Crippen LogP contribution < -0.4 is 5.56 Å². The summed E-state index contributed by atoms with van der Waals surface area (Å²) in [5.74, 6) is 0.0886. The first-order valence-corrected chi connectivity index (χ1v) is 11.5. The van der Waals surface area contributed by atoms with Crippen LogP contribution in [0.5, 0.6) is 0 Å². The first kappa shape index (κ1) is 21.9. The quantitative estimate of drug-likeness (QED) is 0.493. The Morgan fingerprint density at radius 3 is 2.68 bits per heavy atom.